The van der Waals surface area contributed by atoms with E-state index >= 15 is 0 Å². The molecular formula is C15H21NO5. The van der Waals surface area contributed by atoms with Crippen molar-refractivity contribution in [2.75, 3.05) is 19.8 Å². The maximum absolute atomic E-state index is 11.3. The topological polar surface area (TPSA) is 84.9 Å². The number of aliphatic carboxylic acids is 1. The minimum atomic E-state index is -1.09. The molecule has 2 N–H and O–H groups in total. The highest BCUT2D eigenvalue weighted by Gasteiger charge is 2.05. The fourth-order valence-corrected chi connectivity index (χ4v) is 1.42. The summed E-state index contributed by atoms with van der Waals surface area (Å²) >= 11 is 0. The molecule has 0 spiro atoms. The molecule has 116 valence electrons. The SMILES string of the molecule is CC(C)CCOc1ccc(OCC(=O)NCC(=O)O)cc1. The van der Waals surface area contributed by atoms with E-state index in [4.69, 9.17) is 14.6 Å². The lowest BCUT2D eigenvalue weighted by atomic mass is 10.1. The van der Waals surface area contributed by atoms with Crippen molar-refractivity contribution in [3.63, 3.8) is 0 Å². The Morgan fingerprint density at radius 2 is 1.71 bits per heavy atom. The van der Waals surface area contributed by atoms with Crippen LogP contribution in [0.2, 0.25) is 0 Å². The molecule has 0 saturated heterocycles. The van der Waals surface area contributed by atoms with Gasteiger partial charge in [-0.2, -0.15) is 0 Å². The van der Waals surface area contributed by atoms with Crippen LogP contribution in [0.3, 0.4) is 0 Å². The Kier molecular flexibility index (Phi) is 7.08. The van der Waals surface area contributed by atoms with Gasteiger partial charge in [-0.3, -0.25) is 9.59 Å². The van der Waals surface area contributed by atoms with Crippen molar-refractivity contribution < 1.29 is 24.2 Å². The van der Waals surface area contributed by atoms with Gasteiger partial charge in [-0.25, -0.2) is 0 Å². The van der Waals surface area contributed by atoms with Crippen LogP contribution in [-0.2, 0) is 9.59 Å². The van der Waals surface area contributed by atoms with Gasteiger partial charge in [0.2, 0.25) is 0 Å². The van der Waals surface area contributed by atoms with Crippen LogP contribution in [0.1, 0.15) is 20.3 Å². The standard InChI is InChI=1S/C15H21NO5/c1-11(2)7-8-20-12-3-5-13(6-4-12)21-10-14(17)16-9-15(18)19/h3-6,11H,7-10H2,1-2H3,(H,16,17)(H,18,19). The van der Waals surface area contributed by atoms with Gasteiger partial charge in [0.05, 0.1) is 6.61 Å². The molecule has 1 aromatic carbocycles. The van der Waals surface area contributed by atoms with Gasteiger partial charge >= 0.3 is 5.97 Å². The molecule has 0 heterocycles. The lowest BCUT2D eigenvalue weighted by Crippen LogP contribution is -2.33. The second-order valence-electron chi connectivity index (χ2n) is 4.96. The number of benzene rings is 1. The molecule has 6 heteroatoms. The summed E-state index contributed by atoms with van der Waals surface area (Å²) in [7, 11) is 0. The van der Waals surface area contributed by atoms with E-state index in [2.05, 4.69) is 19.2 Å². The Balaban J connectivity index is 2.30. The number of amides is 1. The summed E-state index contributed by atoms with van der Waals surface area (Å²) in [5.41, 5.74) is 0. The molecule has 6 nitrogen and oxygen atoms in total. The molecule has 21 heavy (non-hydrogen) atoms. The lowest BCUT2D eigenvalue weighted by Gasteiger charge is -2.09. The van der Waals surface area contributed by atoms with Crippen molar-refractivity contribution in [2.24, 2.45) is 5.92 Å². The normalized spacial score (nSPS) is 10.2. The van der Waals surface area contributed by atoms with Gasteiger partial charge in [-0.1, -0.05) is 13.8 Å². The first-order valence-electron chi connectivity index (χ1n) is 6.81. The van der Waals surface area contributed by atoms with Gasteiger partial charge in [0.25, 0.3) is 5.91 Å². The number of rotatable bonds is 9. The van der Waals surface area contributed by atoms with E-state index < -0.39 is 18.4 Å². The van der Waals surface area contributed by atoms with Crippen molar-refractivity contribution in [3.8, 4) is 11.5 Å². The third kappa shape index (κ3) is 7.81. The van der Waals surface area contributed by atoms with Crippen LogP contribution < -0.4 is 14.8 Å². The maximum atomic E-state index is 11.3. The zero-order valence-corrected chi connectivity index (χ0v) is 12.3. The molecule has 0 aromatic heterocycles. The summed E-state index contributed by atoms with van der Waals surface area (Å²) in [6, 6.07) is 6.94. The Morgan fingerprint density at radius 1 is 1.14 bits per heavy atom. The average Bonchev–Trinajstić information content (AvgIpc) is 2.44. The monoisotopic (exact) mass is 295 g/mol. The Labute approximate surface area is 124 Å². The van der Waals surface area contributed by atoms with Crippen molar-refractivity contribution in [1.29, 1.82) is 0 Å². The second kappa shape index (κ2) is 8.84. The fourth-order valence-electron chi connectivity index (χ4n) is 1.42. The number of carbonyl (C=O) groups excluding carboxylic acids is 1. The van der Waals surface area contributed by atoms with E-state index in [9.17, 15) is 9.59 Å². The molecule has 0 aliphatic rings. The zero-order chi connectivity index (χ0) is 15.7. The Bertz CT molecular complexity index is 456. The molecule has 0 fully saturated rings. The maximum Gasteiger partial charge on any atom is 0.322 e. The van der Waals surface area contributed by atoms with E-state index in [-0.39, 0.29) is 6.61 Å². The van der Waals surface area contributed by atoms with Crippen molar-refractivity contribution >= 4 is 11.9 Å². The van der Waals surface area contributed by atoms with Gasteiger partial charge in [0, 0.05) is 0 Å². The van der Waals surface area contributed by atoms with E-state index in [0.717, 1.165) is 12.2 Å². The van der Waals surface area contributed by atoms with Crippen LogP contribution in [0.25, 0.3) is 0 Å². The molecule has 1 amide bonds. The van der Waals surface area contributed by atoms with Crippen LogP contribution in [-0.4, -0.2) is 36.7 Å². The summed E-state index contributed by atoms with van der Waals surface area (Å²) in [6.45, 7) is 4.30. The van der Waals surface area contributed by atoms with Gasteiger partial charge in [0.15, 0.2) is 6.61 Å². The predicted molar refractivity (Wildman–Crippen MR) is 77.5 cm³/mol. The van der Waals surface area contributed by atoms with E-state index in [1.807, 2.05) is 0 Å². The summed E-state index contributed by atoms with van der Waals surface area (Å²) in [6.07, 6.45) is 0.988. The van der Waals surface area contributed by atoms with E-state index in [0.29, 0.717) is 18.3 Å². The molecule has 0 unspecified atom stereocenters. The highest BCUT2D eigenvalue weighted by molar-refractivity contribution is 5.82. The highest BCUT2D eigenvalue weighted by atomic mass is 16.5. The van der Waals surface area contributed by atoms with Gasteiger partial charge in [0.1, 0.15) is 18.0 Å². The minimum Gasteiger partial charge on any atom is -0.494 e. The predicted octanol–water partition coefficient (Wildman–Crippen LogP) is 1.69. The Hall–Kier alpha value is -2.24. The van der Waals surface area contributed by atoms with Crippen LogP contribution in [0.4, 0.5) is 0 Å². The first-order valence-corrected chi connectivity index (χ1v) is 6.81. The van der Waals surface area contributed by atoms with Crippen molar-refractivity contribution in [2.45, 2.75) is 20.3 Å². The van der Waals surface area contributed by atoms with Gasteiger partial charge < -0.3 is 19.9 Å². The van der Waals surface area contributed by atoms with Crippen LogP contribution in [0.5, 0.6) is 11.5 Å². The summed E-state index contributed by atoms with van der Waals surface area (Å²) in [5.74, 6) is 0.299. The summed E-state index contributed by atoms with van der Waals surface area (Å²) in [4.78, 5) is 21.5. The van der Waals surface area contributed by atoms with Crippen LogP contribution >= 0.6 is 0 Å². The van der Waals surface area contributed by atoms with Crippen LogP contribution in [0.15, 0.2) is 24.3 Å². The highest BCUT2D eigenvalue weighted by Crippen LogP contribution is 2.18. The number of carbonyl (C=O) groups is 2. The molecule has 0 radical (unpaired) electrons. The Morgan fingerprint density at radius 3 is 2.24 bits per heavy atom. The molecular weight excluding hydrogens is 274 g/mol. The molecule has 0 saturated carbocycles. The van der Waals surface area contributed by atoms with E-state index in [1.165, 1.54) is 0 Å². The number of nitrogens with one attached hydrogen (secondary N) is 1. The van der Waals surface area contributed by atoms with Gasteiger partial charge in [-0.15, -0.1) is 0 Å². The largest absolute Gasteiger partial charge is 0.494 e. The quantitative estimate of drug-likeness (QED) is 0.724. The number of ether oxygens (including phenoxy) is 2. The number of carboxylic acids is 1. The van der Waals surface area contributed by atoms with Crippen molar-refractivity contribution in [3.05, 3.63) is 24.3 Å². The number of carboxylic acid groups (broad SMARTS) is 1. The first-order chi connectivity index (χ1) is 9.97. The molecule has 1 rings (SSSR count). The number of hydrogen-bond acceptors (Lipinski definition) is 4. The fraction of sp³-hybridized carbons (Fsp3) is 0.467. The molecule has 1 aromatic rings. The average molecular weight is 295 g/mol. The summed E-state index contributed by atoms with van der Waals surface area (Å²) < 4.78 is 10.8. The second-order valence-corrected chi connectivity index (χ2v) is 4.96. The first kappa shape index (κ1) is 16.8. The minimum absolute atomic E-state index is 0.221. The third-order valence-corrected chi connectivity index (χ3v) is 2.59. The smallest absolute Gasteiger partial charge is 0.322 e. The summed E-state index contributed by atoms with van der Waals surface area (Å²) in [5, 5.41) is 10.6. The van der Waals surface area contributed by atoms with E-state index in [1.54, 1.807) is 24.3 Å². The van der Waals surface area contributed by atoms with Crippen LogP contribution in [0, 0.1) is 5.92 Å². The zero-order valence-electron chi connectivity index (χ0n) is 12.3. The lowest BCUT2D eigenvalue weighted by molar-refractivity contribution is -0.138. The molecule has 0 aliphatic carbocycles. The third-order valence-electron chi connectivity index (χ3n) is 2.59. The van der Waals surface area contributed by atoms with Crippen molar-refractivity contribution in [1.82, 2.24) is 5.32 Å². The number of hydrogen-bond donors (Lipinski definition) is 2. The molecule has 0 atom stereocenters. The molecule has 0 bridgehead atoms. The van der Waals surface area contributed by atoms with Gasteiger partial charge in [-0.05, 0) is 36.6 Å². The molecule has 0 aliphatic heterocycles.